The van der Waals surface area contributed by atoms with E-state index in [2.05, 4.69) is 0 Å². The van der Waals surface area contributed by atoms with Crippen molar-refractivity contribution in [3.05, 3.63) is 0 Å². The summed E-state index contributed by atoms with van der Waals surface area (Å²) in [5.74, 6) is 0.0607. The van der Waals surface area contributed by atoms with Crippen LogP contribution < -0.4 is 5.73 Å². The molecule has 2 heterocycles. The van der Waals surface area contributed by atoms with Gasteiger partial charge in [0.1, 0.15) is 0 Å². The minimum Gasteiger partial charge on any atom is -0.393 e. The molecule has 2 fully saturated rings. The molecule has 2 aliphatic rings. The number of amides is 1. The van der Waals surface area contributed by atoms with Gasteiger partial charge in [0.05, 0.1) is 12.1 Å². The van der Waals surface area contributed by atoms with Crippen LogP contribution in [0.15, 0.2) is 0 Å². The Kier molecular flexibility index (Phi) is 4.59. The fourth-order valence-corrected chi connectivity index (χ4v) is 3.27. The van der Waals surface area contributed by atoms with Gasteiger partial charge in [0.2, 0.25) is 5.91 Å². The van der Waals surface area contributed by atoms with E-state index >= 15 is 0 Å². The summed E-state index contributed by atoms with van der Waals surface area (Å²) in [6.07, 6.45) is 4.70. The van der Waals surface area contributed by atoms with Crippen LogP contribution >= 0.6 is 0 Å². The highest BCUT2D eigenvalue weighted by Gasteiger charge is 2.43. The standard InChI is InChI=1S/C13H24N2O3/c1-18-6-2-3-12(14)13(17)15-9-4-5-10(15)8-11(16)7-9/h9-12,16H,2-8,14H2,1H3. The van der Waals surface area contributed by atoms with E-state index in [-0.39, 0.29) is 24.1 Å². The number of aliphatic hydroxyl groups excluding tert-OH is 1. The Labute approximate surface area is 108 Å². The third kappa shape index (κ3) is 2.84. The minimum atomic E-state index is -0.418. The van der Waals surface area contributed by atoms with Gasteiger partial charge in [-0.2, -0.15) is 0 Å². The Morgan fingerprint density at radius 3 is 2.61 bits per heavy atom. The van der Waals surface area contributed by atoms with E-state index in [4.69, 9.17) is 10.5 Å². The maximum Gasteiger partial charge on any atom is 0.239 e. The lowest BCUT2D eigenvalue weighted by molar-refractivity contribution is -0.139. The molecule has 0 saturated carbocycles. The van der Waals surface area contributed by atoms with Crippen molar-refractivity contribution >= 4 is 5.91 Å². The van der Waals surface area contributed by atoms with Gasteiger partial charge < -0.3 is 20.5 Å². The average molecular weight is 256 g/mol. The number of carbonyl (C=O) groups excluding carboxylic acids is 1. The van der Waals surface area contributed by atoms with Crippen LogP contribution in [0.4, 0.5) is 0 Å². The van der Waals surface area contributed by atoms with Crippen molar-refractivity contribution in [1.82, 2.24) is 4.90 Å². The lowest BCUT2D eigenvalue weighted by Gasteiger charge is -2.38. The first-order valence-electron chi connectivity index (χ1n) is 6.88. The molecule has 5 heteroatoms. The second kappa shape index (κ2) is 5.99. The van der Waals surface area contributed by atoms with Crippen LogP contribution in [-0.2, 0) is 9.53 Å². The summed E-state index contributed by atoms with van der Waals surface area (Å²) in [5, 5.41) is 9.72. The number of hydrogen-bond acceptors (Lipinski definition) is 4. The molecular weight excluding hydrogens is 232 g/mol. The van der Waals surface area contributed by atoms with Crippen LogP contribution in [0.5, 0.6) is 0 Å². The summed E-state index contributed by atoms with van der Waals surface area (Å²) in [5.41, 5.74) is 5.97. The zero-order valence-electron chi connectivity index (χ0n) is 11.0. The molecule has 0 aromatic heterocycles. The van der Waals surface area contributed by atoms with Gasteiger partial charge in [-0.1, -0.05) is 0 Å². The average Bonchev–Trinajstić information content (AvgIpc) is 2.61. The molecule has 3 unspecified atom stereocenters. The molecule has 0 aliphatic carbocycles. The van der Waals surface area contributed by atoms with Gasteiger partial charge in [-0.05, 0) is 38.5 Å². The summed E-state index contributed by atoms with van der Waals surface area (Å²) in [4.78, 5) is 14.3. The predicted octanol–water partition coefficient (Wildman–Crippen LogP) is 0.255. The van der Waals surface area contributed by atoms with Gasteiger partial charge in [-0.25, -0.2) is 0 Å². The zero-order chi connectivity index (χ0) is 13.1. The van der Waals surface area contributed by atoms with Crippen LogP contribution in [0.1, 0.15) is 38.5 Å². The molecule has 1 amide bonds. The highest BCUT2D eigenvalue weighted by molar-refractivity contribution is 5.82. The second-order valence-electron chi connectivity index (χ2n) is 5.50. The van der Waals surface area contributed by atoms with E-state index in [1.807, 2.05) is 4.90 Å². The summed E-state index contributed by atoms with van der Waals surface area (Å²) in [7, 11) is 1.65. The quantitative estimate of drug-likeness (QED) is 0.692. The fourth-order valence-electron chi connectivity index (χ4n) is 3.27. The first-order valence-corrected chi connectivity index (χ1v) is 6.88. The monoisotopic (exact) mass is 256 g/mol. The van der Waals surface area contributed by atoms with Gasteiger partial charge in [0, 0.05) is 25.8 Å². The lowest BCUT2D eigenvalue weighted by atomic mass is 9.98. The highest BCUT2D eigenvalue weighted by atomic mass is 16.5. The van der Waals surface area contributed by atoms with Crippen molar-refractivity contribution in [3.8, 4) is 0 Å². The SMILES string of the molecule is COCCCC(N)C(=O)N1C2CCC1CC(O)C2. The number of carbonyl (C=O) groups is 1. The number of ether oxygens (including phenoxy) is 1. The van der Waals surface area contributed by atoms with Crippen molar-refractivity contribution < 1.29 is 14.6 Å². The number of nitrogens with two attached hydrogens (primary N) is 1. The third-order valence-electron chi connectivity index (χ3n) is 4.14. The molecule has 5 nitrogen and oxygen atoms in total. The Hall–Kier alpha value is -0.650. The molecular formula is C13H24N2O3. The molecule has 0 spiro atoms. The predicted molar refractivity (Wildman–Crippen MR) is 68.0 cm³/mol. The van der Waals surface area contributed by atoms with Crippen molar-refractivity contribution in [1.29, 1.82) is 0 Å². The summed E-state index contributed by atoms with van der Waals surface area (Å²) in [6, 6.07) is -0.00190. The molecule has 2 bridgehead atoms. The number of fused-ring (bicyclic) bond motifs is 2. The van der Waals surface area contributed by atoms with Crippen molar-refractivity contribution in [2.75, 3.05) is 13.7 Å². The Bertz CT molecular complexity index is 284. The maximum atomic E-state index is 12.3. The van der Waals surface area contributed by atoms with Crippen LogP contribution in [-0.4, -0.2) is 53.9 Å². The smallest absolute Gasteiger partial charge is 0.239 e. The summed E-state index contributed by atoms with van der Waals surface area (Å²) in [6.45, 7) is 0.645. The topological polar surface area (TPSA) is 75.8 Å². The van der Waals surface area contributed by atoms with E-state index in [9.17, 15) is 9.90 Å². The molecule has 104 valence electrons. The molecule has 18 heavy (non-hydrogen) atoms. The number of nitrogens with zero attached hydrogens (tertiary/aromatic N) is 1. The fraction of sp³-hybridized carbons (Fsp3) is 0.923. The molecule has 3 N–H and O–H groups in total. The number of aliphatic hydroxyl groups is 1. The Morgan fingerprint density at radius 1 is 1.44 bits per heavy atom. The summed E-state index contributed by atoms with van der Waals surface area (Å²) >= 11 is 0. The van der Waals surface area contributed by atoms with Crippen molar-refractivity contribution in [3.63, 3.8) is 0 Å². The molecule has 2 rings (SSSR count). The largest absolute Gasteiger partial charge is 0.393 e. The Morgan fingerprint density at radius 2 is 2.06 bits per heavy atom. The van der Waals surface area contributed by atoms with E-state index < -0.39 is 6.04 Å². The van der Waals surface area contributed by atoms with Gasteiger partial charge in [0.25, 0.3) is 0 Å². The van der Waals surface area contributed by atoms with E-state index in [1.165, 1.54) is 0 Å². The zero-order valence-corrected chi connectivity index (χ0v) is 11.0. The maximum absolute atomic E-state index is 12.3. The van der Waals surface area contributed by atoms with Crippen LogP contribution in [0.25, 0.3) is 0 Å². The van der Waals surface area contributed by atoms with E-state index in [0.29, 0.717) is 25.9 Å². The van der Waals surface area contributed by atoms with E-state index in [1.54, 1.807) is 7.11 Å². The van der Waals surface area contributed by atoms with Crippen molar-refractivity contribution in [2.24, 2.45) is 5.73 Å². The number of methoxy groups -OCH3 is 1. The van der Waals surface area contributed by atoms with Gasteiger partial charge >= 0.3 is 0 Å². The first kappa shape index (κ1) is 13.8. The van der Waals surface area contributed by atoms with Gasteiger partial charge in [-0.3, -0.25) is 4.79 Å². The molecule has 2 saturated heterocycles. The van der Waals surface area contributed by atoms with Crippen LogP contribution in [0.3, 0.4) is 0 Å². The summed E-state index contributed by atoms with van der Waals surface area (Å²) < 4.78 is 4.97. The normalized spacial score (nSPS) is 32.6. The van der Waals surface area contributed by atoms with Crippen molar-refractivity contribution in [2.45, 2.75) is 62.8 Å². The molecule has 3 atom stereocenters. The third-order valence-corrected chi connectivity index (χ3v) is 4.14. The Balaban J connectivity index is 1.89. The second-order valence-corrected chi connectivity index (χ2v) is 5.50. The van der Waals surface area contributed by atoms with Gasteiger partial charge in [-0.15, -0.1) is 0 Å². The molecule has 0 aromatic carbocycles. The van der Waals surface area contributed by atoms with Crippen LogP contribution in [0, 0.1) is 0 Å². The number of piperidine rings is 1. The molecule has 0 aromatic rings. The lowest BCUT2D eigenvalue weighted by Crippen LogP contribution is -2.53. The number of rotatable bonds is 5. The highest BCUT2D eigenvalue weighted by Crippen LogP contribution is 2.36. The molecule has 2 aliphatic heterocycles. The molecule has 0 radical (unpaired) electrons. The van der Waals surface area contributed by atoms with Gasteiger partial charge in [0.15, 0.2) is 0 Å². The van der Waals surface area contributed by atoms with E-state index in [0.717, 1.165) is 19.3 Å². The minimum absolute atomic E-state index is 0.0607. The van der Waals surface area contributed by atoms with Crippen LogP contribution in [0.2, 0.25) is 0 Å². The number of hydrogen-bond donors (Lipinski definition) is 2. The first-order chi connectivity index (χ1) is 8.63.